The van der Waals surface area contributed by atoms with E-state index >= 15 is 0 Å². The Kier molecular flexibility index (Phi) is 10.9. The van der Waals surface area contributed by atoms with Crippen LogP contribution in [0.1, 0.15) is 30.1 Å². The van der Waals surface area contributed by atoms with Gasteiger partial charge in [-0.05, 0) is 72.6 Å². The molecule has 0 bridgehead atoms. The van der Waals surface area contributed by atoms with Gasteiger partial charge in [-0.2, -0.15) is 42.8 Å². The first-order chi connectivity index (χ1) is 19.7. The molecule has 3 aromatic heterocycles. The van der Waals surface area contributed by atoms with Crippen LogP contribution in [0.15, 0.2) is 65.5 Å². The number of piperidine rings is 1. The van der Waals surface area contributed by atoms with Gasteiger partial charge in [0.15, 0.2) is 11.5 Å². The van der Waals surface area contributed by atoms with Gasteiger partial charge in [-0.3, -0.25) is 4.90 Å². The third-order valence-corrected chi connectivity index (χ3v) is 6.57. The second-order valence-electron chi connectivity index (χ2n) is 8.97. The van der Waals surface area contributed by atoms with Gasteiger partial charge in [0.2, 0.25) is 0 Å². The van der Waals surface area contributed by atoms with Gasteiger partial charge in [0.1, 0.15) is 0 Å². The molecule has 0 saturated carbocycles. The summed E-state index contributed by atoms with van der Waals surface area (Å²) < 4.78 is 65.4. The molecule has 226 valence electrons. The van der Waals surface area contributed by atoms with E-state index in [0.717, 1.165) is 55.3 Å². The first-order valence-corrected chi connectivity index (χ1v) is 13.2. The number of alkyl halides is 6. The van der Waals surface area contributed by atoms with Gasteiger partial charge in [0.05, 0.1) is 11.9 Å². The number of halogens is 6. The van der Waals surface area contributed by atoms with Crippen molar-refractivity contribution in [3.63, 3.8) is 0 Å². The standard InChI is InChI=1S/C22H23N5S.2C2HF3O2/c1-2-4-19(5-3-1)23-20-6-7-21-24-22(25-27(21)15-20)18-8-11-26(12-9-18)14-17-10-13-28-16-17;2*3-2(4,5)1(6)7/h1-7,10,13,15-16,18,23H,8-9,11-12,14H2;2*(H,6,7). The molecule has 4 heterocycles. The largest absolute Gasteiger partial charge is 0.490 e. The Morgan fingerprint density at radius 3 is 2.02 bits per heavy atom. The van der Waals surface area contributed by atoms with Crippen molar-refractivity contribution >= 4 is 40.3 Å². The van der Waals surface area contributed by atoms with Crippen LogP contribution in [0.25, 0.3) is 5.65 Å². The second kappa shape index (κ2) is 14.1. The summed E-state index contributed by atoms with van der Waals surface area (Å²) in [6, 6.07) is 16.5. The molecule has 16 heteroatoms. The average Bonchev–Trinajstić information content (AvgIpc) is 3.59. The summed E-state index contributed by atoms with van der Waals surface area (Å²) in [6.07, 6.45) is -5.91. The van der Waals surface area contributed by atoms with E-state index in [0.29, 0.717) is 5.92 Å². The second-order valence-corrected chi connectivity index (χ2v) is 9.75. The monoisotopic (exact) mass is 617 g/mol. The number of fused-ring (bicyclic) bond motifs is 1. The van der Waals surface area contributed by atoms with Crippen LogP contribution in [-0.4, -0.2) is 67.1 Å². The molecule has 3 N–H and O–H groups in total. The Morgan fingerprint density at radius 2 is 1.50 bits per heavy atom. The van der Waals surface area contributed by atoms with Crippen molar-refractivity contribution in [2.24, 2.45) is 0 Å². The van der Waals surface area contributed by atoms with Crippen molar-refractivity contribution in [2.75, 3.05) is 18.4 Å². The Balaban J connectivity index is 0.000000289. The van der Waals surface area contributed by atoms with Crippen LogP contribution in [0.3, 0.4) is 0 Å². The van der Waals surface area contributed by atoms with Crippen molar-refractivity contribution in [3.8, 4) is 0 Å². The zero-order chi connectivity index (χ0) is 30.9. The van der Waals surface area contributed by atoms with Crippen molar-refractivity contribution in [1.82, 2.24) is 19.5 Å². The van der Waals surface area contributed by atoms with Crippen LogP contribution >= 0.6 is 11.3 Å². The minimum atomic E-state index is -5.08. The lowest BCUT2D eigenvalue weighted by molar-refractivity contribution is -0.193. The highest BCUT2D eigenvalue weighted by Crippen LogP contribution is 2.28. The number of nitrogens with one attached hydrogen (secondary N) is 1. The minimum absolute atomic E-state index is 0.448. The summed E-state index contributed by atoms with van der Waals surface area (Å²) in [4.78, 5) is 25.1. The number of carbonyl (C=O) groups is 2. The molecule has 0 atom stereocenters. The number of benzene rings is 1. The summed E-state index contributed by atoms with van der Waals surface area (Å²) in [6.45, 7) is 3.27. The van der Waals surface area contributed by atoms with Gasteiger partial charge in [0, 0.05) is 18.2 Å². The molecule has 1 aromatic carbocycles. The van der Waals surface area contributed by atoms with Gasteiger partial charge in [-0.25, -0.2) is 19.1 Å². The summed E-state index contributed by atoms with van der Waals surface area (Å²) in [5.41, 5.74) is 4.42. The number of thiophene rings is 1. The van der Waals surface area contributed by atoms with Crippen molar-refractivity contribution in [2.45, 2.75) is 37.7 Å². The number of pyridine rings is 1. The first-order valence-electron chi connectivity index (χ1n) is 12.2. The van der Waals surface area contributed by atoms with Crippen LogP contribution in [0.2, 0.25) is 0 Å². The number of carboxylic acid groups (broad SMARTS) is 2. The Labute approximate surface area is 239 Å². The molecule has 0 aliphatic carbocycles. The van der Waals surface area contributed by atoms with E-state index in [1.165, 1.54) is 5.56 Å². The number of likely N-dealkylation sites (tertiary alicyclic amines) is 1. The number of hydrogen-bond acceptors (Lipinski definition) is 7. The molecular formula is C26H25F6N5O4S. The molecular weight excluding hydrogens is 592 g/mol. The molecule has 1 fully saturated rings. The van der Waals surface area contributed by atoms with E-state index in [4.69, 9.17) is 29.9 Å². The lowest BCUT2D eigenvalue weighted by Crippen LogP contribution is -2.32. The number of anilines is 2. The van der Waals surface area contributed by atoms with Crippen molar-refractivity contribution in [1.29, 1.82) is 0 Å². The summed E-state index contributed by atoms with van der Waals surface area (Å²) in [5.74, 6) is -4.09. The highest BCUT2D eigenvalue weighted by atomic mass is 32.1. The fourth-order valence-corrected chi connectivity index (χ4v) is 4.49. The van der Waals surface area contributed by atoms with E-state index in [-0.39, 0.29) is 0 Å². The quantitative estimate of drug-likeness (QED) is 0.227. The molecule has 5 rings (SSSR count). The number of hydrogen-bond donors (Lipinski definition) is 3. The molecule has 9 nitrogen and oxygen atoms in total. The van der Waals surface area contributed by atoms with Crippen LogP contribution in [-0.2, 0) is 16.1 Å². The highest BCUT2D eigenvalue weighted by Gasteiger charge is 2.38. The van der Waals surface area contributed by atoms with E-state index in [1.807, 2.05) is 35.0 Å². The fourth-order valence-electron chi connectivity index (χ4n) is 3.83. The third kappa shape index (κ3) is 10.0. The zero-order valence-electron chi connectivity index (χ0n) is 21.6. The predicted molar refractivity (Wildman–Crippen MR) is 142 cm³/mol. The number of aromatic nitrogens is 3. The zero-order valence-corrected chi connectivity index (χ0v) is 22.5. The first kappa shape index (κ1) is 32.3. The van der Waals surface area contributed by atoms with Crippen LogP contribution in [0.4, 0.5) is 37.7 Å². The Morgan fingerprint density at radius 1 is 0.905 bits per heavy atom. The lowest BCUT2D eigenvalue weighted by Gasteiger charge is -2.30. The van der Waals surface area contributed by atoms with E-state index in [9.17, 15) is 26.3 Å². The van der Waals surface area contributed by atoms with Crippen LogP contribution < -0.4 is 5.32 Å². The SMILES string of the molecule is O=C(O)C(F)(F)F.O=C(O)C(F)(F)F.c1ccc(Nc2ccc3nc(C4CCN(Cc5ccsc5)CC4)nn3c2)cc1. The molecule has 42 heavy (non-hydrogen) atoms. The van der Waals surface area contributed by atoms with E-state index < -0.39 is 24.3 Å². The maximum atomic E-state index is 10.6. The van der Waals surface area contributed by atoms with Gasteiger partial charge in [-0.1, -0.05) is 18.2 Å². The smallest absolute Gasteiger partial charge is 0.475 e. The summed E-state index contributed by atoms with van der Waals surface area (Å²) in [7, 11) is 0. The Hall–Kier alpha value is -4.18. The van der Waals surface area contributed by atoms with Gasteiger partial charge < -0.3 is 15.5 Å². The highest BCUT2D eigenvalue weighted by molar-refractivity contribution is 7.07. The Bertz CT molecular complexity index is 1410. The number of para-hydroxylation sites is 1. The number of rotatable bonds is 5. The lowest BCUT2D eigenvalue weighted by atomic mass is 9.96. The van der Waals surface area contributed by atoms with Gasteiger partial charge >= 0.3 is 24.3 Å². The topological polar surface area (TPSA) is 120 Å². The van der Waals surface area contributed by atoms with Crippen LogP contribution in [0, 0.1) is 0 Å². The number of carboxylic acids is 2. The molecule has 1 saturated heterocycles. The molecule has 1 aliphatic rings. The van der Waals surface area contributed by atoms with Crippen molar-refractivity contribution < 1.29 is 46.1 Å². The molecule has 4 aromatic rings. The predicted octanol–water partition coefficient (Wildman–Crippen LogP) is 6.18. The van der Waals surface area contributed by atoms with Crippen molar-refractivity contribution in [3.05, 3.63) is 76.9 Å². The maximum absolute atomic E-state index is 10.6. The molecule has 0 spiro atoms. The van der Waals surface area contributed by atoms with E-state index in [1.54, 1.807) is 11.3 Å². The molecule has 1 aliphatic heterocycles. The van der Waals surface area contributed by atoms with Gasteiger partial charge in [0.25, 0.3) is 0 Å². The minimum Gasteiger partial charge on any atom is -0.475 e. The number of aliphatic carboxylic acids is 2. The molecule has 0 amide bonds. The molecule has 0 radical (unpaired) electrons. The van der Waals surface area contributed by atoms with Gasteiger partial charge in [-0.15, -0.1) is 0 Å². The maximum Gasteiger partial charge on any atom is 0.490 e. The molecule has 0 unspecified atom stereocenters. The average molecular weight is 618 g/mol. The fraction of sp³-hybridized carbons (Fsp3) is 0.308. The van der Waals surface area contributed by atoms with E-state index in [2.05, 4.69) is 45.2 Å². The van der Waals surface area contributed by atoms with Crippen LogP contribution in [0.5, 0.6) is 0 Å². The summed E-state index contributed by atoms with van der Waals surface area (Å²) in [5, 5.41) is 26.9. The summed E-state index contributed by atoms with van der Waals surface area (Å²) >= 11 is 1.77. The number of nitrogens with zero attached hydrogens (tertiary/aromatic N) is 4. The third-order valence-electron chi connectivity index (χ3n) is 5.83. The normalized spacial score (nSPS) is 14.3.